The van der Waals surface area contributed by atoms with Crippen molar-refractivity contribution in [2.45, 2.75) is 32.9 Å². The number of hydrogen-bond donors (Lipinski definition) is 0. The van der Waals surface area contributed by atoms with Crippen molar-refractivity contribution in [1.82, 2.24) is 4.90 Å². The van der Waals surface area contributed by atoms with Crippen LogP contribution in [0.3, 0.4) is 0 Å². The van der Waals surface area contributed by atoms with Gasteiger partial charge in [0, 0.05) is 13.0 Å². The number of hydrogen-bond acceptors (Lipinski definition) is 2. The molecule has 0 bridgehead atoms. The van der Waals surface area contributed by atoms with Gasteiger partial charge in [0.2, 0.25) is 0 Å². The molecule has 1 atom stereocenters. The molecular formula is C19H18N2OS. The maximum atomic E-state index is 13.0. The summed E-state index contributed by atoms with van der Waals surface area (Å²) in [4.78, 5) is 16.8. The number of benzene rings is 2. The van der Waals surface area contributed by atoms with Gasteiger partial charge in [-0.05, 0) is 48.8 Å². The molecule has 4 heteroatoms. The number of carbonyl (C=O) groups excluding carboxylic acids is 1. The van der Waals surface area contributed by atoms with Gasteiger partial charge in [-0.25, -0.2) is 0 Å². The molecule has 2 aromatic carbocycles. The molecular weight excluding hydrogens is 304 g/mol. The molecule has 2 aliphatic rings. The van der Waals surface area contributed by atoms with E-state index < -0.39 is 0 Å². The van der Waals surface area contributed by atoms with Crippen molar-refractivity contribution in [3.8, 4) is 0 Å². The molecule has 23 heavy (non-hydrogen) atoms. The van der Waals surface area contributed by atoms with Crippen LogP contribution in [0.2, 0.25) is 0 Å². The third kappa shape index (κ3) is 2.17. The molecule has 116 valence electrons. The number of carbonyl (C=O) groups is 1. The predicted molar refractivity (Wildman–Crippen MR) is 95.5 cm³/mol. The highest BCUT2D eigenvalue weighted by Crippen LogP contribution is 2.34. The maximum Gasteiger partial charge on any atom is 0.256 e. The molecule has 2 aliphatic heterocycles. The number of nitrogens with zero attached hydrogens (tertiary/aromatic N) is 2. The Morgan fingerprint density at radius 1 is 1.09 bits per heavy atom. The summed E-state index contributed by atoms with van der Waals surface area (Å²) in [6, 6.07) is 14.3. The second-order valence-electron chi connectivity index (χ2n) is 6.36. The molecule has 2 heterocycles. The van der Waals surface area contributed by atoms with Gasteiger partial charge in [0.15, 0.2) is 5.11 Å². The Labute approximate surface area is 141 Å². The second kappa shape index (κ2) is 5.17. The first-order chi connectivity index (χ1) is 11.1. The van der Waals surface area contributed by atoms with E-state index in [0.717, 1.165) is 17.7 Å². The van der Waals surface area contributed by atoms with Crippen LogP contribution in [0.4, 0.5) is 5.69 Å². The maximum absolute atomic E-state index is 13.0. The molecule has 3 nitrogen and oxygen atoms in total. The van der Waals surface area contributed by atoms with Crippen LogP contribution in [0.25, 0.3) is 0 Å². The van der Waals surface area contributed by atoms with E-state index in [2.05, 4.69) is 30.0 Å². The monoisotopic (exact) mass is 322 g/mol. The average Bonchev–Trinajstić information content (AvgIpc) is 2.77. The quantitative estimate of drug-likeness (QED) is 0.752. The van der Waals surface area contributed by atoms with Crippen LogP contribution in [0, 0.1) is 13.8 Å². The summed E-state index contributed by atoms with van der Waals surface area (Å²) in [5.74, 6) is 0.0939. The van der Waals surface area contributed by atoms with E-state index in [9.17, 15) is 4.79 Å². The lowest BCUT2D eigenvalue weighted by molar-refractivity contribution is -0.120. The molecule has 1 amide bonds. The van der Waals surface area contributed by atoms with E-state index >= 15 is 0 Å². The molecule has 0 aromatic heterocycles. The number of rotatable bonds is 1. The third-order valence-corrected chi connectivity index (χ3v) is 5.20. The van der Waals surface area contributed by atoms with Crippen molar-refractivity contribution >= 4 is 28.9 Å². The van der Waals surface area contributed by atoms with Gasteiger partial charge in [0.25, 0.3) is 5.91 Å². The molecule has 0 saturated carbocycles. The number of thiocarbonyl (C=S) groups is 1. The van der Waals surface area contributed by atoms with E-state index in [0.29, 0.717) is 11.7 Å². The Morgan fingerprint density at radius 3 is 2.57 bits per heavy atom. The lowest BCUT2D eigenvalue weighted by atomic mass is 9.95. The molecule has 4 rings (SSSR count). The molecule has 1 saturated heterocycles. The summed E-state index contributed by atoms with van der Waals surface area (Å²) >= 11 is 5.65. The van der Waals surface area contributed by atoms with Gasteiger partial charge in [-0.2, -0.15) is 0 Å². The number of anilines is 1. The fraction of sp³-hybridized carbons (Fsp3) is 0.263. The summed E-state index contributed by atoms with van der Waals surface area (Å²) in [6.45, 7) is 4.80. The molecule has 0 N–H and O–H groups in total. The first kappa shape index (κ1) is 14.4. The van der Waals surface area contributed by atoms with E-state index in [1.165, 1.54) is 16.7 Å². The van der Waals surface area contributed by atoms with Crippen molar-refractivity contribution < 1.29 is 4.79 Å². The molecule has 0 unspecified atom stereocenters. The number of fused-ring (bicyclic) bond motifs is 2. The first-order valence-electron chi connectivity index (χ1n) is 7.85. The van der Waals surface area contributed by atoms with Crippen LogP contribution >= 0.6 is 12.2 Å². The topological polar surface area (TPSA) is 23.6 Å². The van der Waals surface area contributed by atoms with Crippen molar-refractivity contribution in [1.29, 1.82) is 0 Å². The van der Waals surface area contributed by atoms with Crippen molar-refractivity contribution in [3.05, 3.63) is 64.7 Å². The van der Waals surface area contributed by atoms with Crippen molar-refractivity contribution in [2.75, 3.05) is 4.90 Å². The van der Waals surface area contributed by atoms with Crippen LogP contribution in [0.5, 0.6) is 0 Å². The highest BCUT2D eigenvalue weighted by Gasteiger charge is 2.45. The number of aryl methyl sites for hydroxylation is 2. The summed E-state index contributed by atoms with van der Waals surface area (Å²) in [7, 11) is 0. The Morgan fingerprint density at radius 2 is 1.83 bits per heavy atom. The molecule has 1 fully saturated rings. The van der Waals surface area contributed by atoms with E-state index in [1.807, 2.05) is 31.2 Å². The predicted octanol–water partition coefficient (Wildman–Crippen LogP) is 3.36. The molecule has 0 spiro atoms. The van der Waals surface area contributed by atoms with Gasteiger partial charge < -0.3 is 4.90 Å². The van der Waals surface area contributed by atoms with Crippen molar-refractivity contribution in [2.24, 2.45) is 0 Å². The van der Waals surface area contributed by atoms with Crippen LogP contribution in [0.1, 0.15) is 22.3 Å². The van der Waals surface area contributed by atoms with Crippen LogP contribution < -0.4 is 4.90 Å². The summed E-state index contributed by atoms with van der Waals surface area (Å²) in [6.07, 6.45) is 0.733. The minimum atomic E-state index is -0.168. The fourth-order valence-corrected chi connectivity index (χ4v) is 3.97. The zero-order valence-electron chi connectivity index (χ0n) is 13.2. The first-order valence-corrected chi connectivity index (χ1v) is 8.25. The van der Waals surface area contributed by atoms with Gasteiger partial charge in [-0.1, -0.05) is 42.0 Å². The van der Waals surface area contributed by atoms with Gasteiger partial charge in [-0.15, -0.1) is 0 Å². The van der Waals surface area contributed by atoms with Crippen LogP contribution in [0.15, 0.2) is 42.5 Å². The summed E-state index contributed by atoms with van der Waals surface area (Å²) < 4.78 is 0. The zero-order valence-corrected chi connectivity index (χ0v) is 14.1. The minimum absolute atomic E-state index is 0.0939. The zero-order chi connectivity index (χ0) is 16.1. The van der Waals surface area contributed by atoms with Crippen molar-refractivity contribution in [3.63, 3.8) is 0 Å². The average molecular weight is 322 g/mol. The van der Waals surface area contributed by atoms with E-state index in [4.69, 9.17) is 12.2 Å². The standard InChI is InChI=1S/C19H18N2OS/c1-12-7-8-16(13(2)9-12)21-18(22)17-10-14-5-3-4-6-15(14)11-20(17)19(21)23/h3-9,17H,10-11H2,1-2H3/t17-/m0/s1. The second-order valence-corrected chi connectivity index (χ2v) is 6.73. The van der Waals surface area contributed by atoms with E-state index in [-0.39, 0.29) is 11.9 Å². The van der Waals surface area contributed by atoms with Gasteiger partial charge in [0.05, 0.1) is 5.69 Å². The van der Waals surface area contributed by atoms with Gasteiger partial charge in [-0.3, -0.25) is 9.69 Å². The van der Waals surface area contributed by atoms with Crippen LogP contribution in [-0.2, 0) is 17.8 Å². The Kier molecular flexibility index (Phi) is 3.23. The summed E-state index contributed by atoms with van der Waals surface area (Å²) in [5.41, 5.74) is 5.70. The van der Waals surface area contributed by atoms with E-state index in [1.54, 1.807) is 4.90 Å². The summed E-state index contributed by atoms with van der Waals surface area (Å²) in [5, 5.41) is 0.626. The SMILES string of the molecule is Cc1ccc(N2C(=O)[C@@H]3Cc4ccccc4CN3C2=S)c(C)c1. The normalized spacial score (nSPS) is 19.8. The fourth-order valence-electron chi connectivity index (χ4n) is 3.59. The smallest absolute Gasteiger partial charge is 0.256 e. The largest absolute Gasteiger partial charge is 0.332 e. The Hall–Kier alpha value is -2.20. The minimum Gasteiger partial charge on any atom is -0.332 e. The lowest BCUT2D eigenvalue weighted by Crippen LogP contribution is -2.39. The highest BCUT2D eigenvalue weighted by atomic mass is 32.1. The molecule has 0 aliphatic carbocycles. The van der Waals surface area contributed by atoms with Crippen LogP contribution in [-0.4, -0.2) is 22.0 Å². The van der Waals surface area contributed by atoms with Gasteiger partial charge >= 0.3 is 0 Å². The number of amides is 1. The molecule has 0 radical (unpaired) electrons. The third-order valence-electron chi connectivity index (χ3n) is 4.78. The lowest BCUT2D eigenvalue weighted by Gasteiger charge is -2.30. The molecule has 2 aromatic rings. The highest BCUT2D eigenvalue weighted by molar-refractivity contribution is 7.80. The Bertz CT molecular complexity index is 787. The Balaban J connectivity index is 1.74. The van der Waals surface area contributed by atoms with Gasteiger partial charge in [0.1, 0.15) is 6.04 Å².